The first-order valence-corrected chi connectivity index (χ1v) is 19.5. The maximum absolute atomic E-state index is 6.57. The van der Waals surface area contributed by atoms with Gasteiger partial charge in [-0.3, -0.25) is 0 Å². The summed E-state index contributed by atoms with van der Waals surface area (Å²) >= 11 is -1.55. The van der Waals surface area contributed by atoms with E-state index in [0.717, 1.165) is 6.61 Å². The van der Waals surface area contributed by atoms with Crippen molar-refractivity contribution >= 4 is 20.2 Å². The van der Waals surface area contributed by atoms with E-state index in [4.69, 9.17) is 3.07 Å². The van der Waals surface area contributed by atoms with E-state index in [1.165, 1.54) is 150 Å². The number of rotatable bonds is 26. The zero-order chi connectivity index (χ0) is 22.0. The molecule has 0 aromatic rings. The van der Waals surface area contributed by atoms with Crippen LogP contribution in [0.3, 0.4) is 0 Å². The molecule has 0 spiro atoms. The zero-order valence-electron chi connectivity index (χ0n) is 21.6. The van der Waals surface area contributed by atoms with Gasteiger partial charge in [-0.1, -0.05) is 6.92 Å². The van der Waals surface area contributed by atoms with Crippen LogP contribution in [-0.2, 0) is 3.07 Å². The van der Waals surface area contributed by atoms with Crippen LogP contribution in [0.1, 0.15) is 162 Å². The van der Waals surface area contributed by atoms with E-state index in [0.29, 0.717) is 0 Å². The minimum absolute atomic E-state index is 1.09. The predicted molar refractivity (Wildman–Crippen MR) is 140 cm³/mol. The van der Waals surface area contributed by atoms with Gasteiger partial charge in [-0.2, -0.15) is 0 Å². The molecule has 0 aliphatic rings. The number of hydrogen-bond acceptors (Lipinski definition) is 1. The summed E-state index contributed by atoms with van der Waals surface area (Å²) in [5, 5.41) is 0. The van der Waals surface area contributed by atoms with Crippen molar-refractivity contribution in [2.75, 3.05) is 6.61 Å². The second kappa shape index (κ2) is 27.8. The van der Waals surface area contributed by atoms with Crippen LogP contribution in [0, 0.1) is 0 Å². The Morgan fingerprint density at radius 2 is 0.667 bits per heavy atom. The summed E-state index contributed by atoms with van der Waals surface area (Å²) in [6.45, 7) is 8.02. The van der Waals surface area contributed by atoms with Crippen molar-refractivity contribution in [3.8, 4) is 0 Å². The molecule has 1 radical (unpaired) electrons. The van der Waals surface area contributed by atoms with Crippen molar-refractivity contribution in [2.45, 2.75) is 171 Å². The summed E-state index contributed by atoms with van der Waals surface area (Å²) in [6, 6.07) is 0. The van der Waals surface area contributed by atoms with Crippen molar-refractivity contribution in [2.24, 2.45) is 0 Å². The first-order valence-electron chi connectivity index (χ1n) is 14.3. The monoisotopic (exact) mass is 531 g/mol. The summed E-state index contributed by atoms with van der Waals surface area (Å²) in [5.74, 6) is 0. The molecule has 1 nitrogen and oxygen atoms in total. The molecule has 0 aromatic heterocycles. The molecule has 0 bridgehead atoms. The summed E-state index contributed by atoms with van der Waals surface area (Å²) in [6.07, 6.45) is 31.5. The molecule has 0 aliphatic carbocycles. The second-order valence-corrected chi connectivity index (χ2v) is 16.4. The summed E-state index contributed by atoms with van der Waals surface area (Å²) in [5.41, 5.74) is 0. The van der Waals surface area contributed by atoms with E-state index in [1.54, 1.807) is 0 Å². The Morgan fingerprint density at radius 3 is 1.03 bits per heavy atom. The molecule has 0 amide bonds. The fraction of sp³-hybridized carbons (Fsp3) is 1.00. The van der Waals surface area contributed by atoms with E-state index in [1.807, 2.05) is 0 Å². The Bertz CT molecular complexity index is 278. The van der Waals surface area contributed by atoms with Gasteiger partial charge >= 0.3 is 194 Å². The molecular weight excluding hydrogens is 471 g/mol. The number of hydrogen-bond donors (Lipinski definition) is 0. The van der Waals surface area contributed by atoms with Crippen molar-refractivity contribution in [1.82, 2.24) is 0 Å². The Morgan fingerprint density at radius 1 is 0.367 bits per heavy atom. The van der Waals surface area contributed by atoms with Crippen molar-refractivity contribution in [1.29, 1.82) is 0 Å². The average Bonchev–Trinajstić information content (AvgIpc) is 2.76. The standard InChI is InChI=1S/C12H25O.2C8H17.Sn/c1-2-3-4-5-6-7-8-9-10-11-12-13;2*1-3-5-7-8-6-4-2;/h2-12H2,1H3;2*1,3-8H2,2H3;/q-1;;;+1. The van der Waals surface area contributed by atoms with E-state index in [2.05, 4.69) is 20.8 Å². The zero-order valence-corrected chi connectivity index (χ0v) is 24.4. The molecule has 181 valence electrons. The van der Waals surface area contributed by atoms with Gasteiger partial charge < -0.3 is 0 Å². The number of unbranched alkanes of at least 4 members (excludes halogenated alkanes) is 19. The summed E-state index contributed by atoms with van der Waals surface area (Å²) < 4.78 is 9.57. The molecule has 0 atom stereocenters. The molecule has 0 aliphatic heterocycles. The van der Waals surface area contributed by atoms with Gasteiger partial charge in [-0.25, -0.2) is 0 Å². The Balaban J connectivity index is 3.73. The molecule has 0 fully saturated rings. The van der Waals surface area contributed by atoms with Crippen LogP contribution < -0.4 is 0 Å². The molecule has 0 saturated heterocycles. The van der Waals surface area contributed by atoms with E-state index in [-0.39, 0.29) is 0 Å². The van der Waals surface area contributed by atoms with Crippen molar-refractivity contribution in [3.05, 3.63) is 0 Å². The third-order valence-electron chi connectivity index (χ3n) is 6.42. The quantitative estimate of drug-likeness (QED) is 0.0798. The van der Waals surface area contributed by atoms with Crippen LogP contribution in [0.5, 0.6) is 0 Å². The van der Waals surface area contributed by atoms with Crippen molar-refractivity contribution in [3.63, 3.8) is 0 Å². The second-order valence-electron chi connectivity index (χ2n) is 9.60. The molecule has 30 heavy (non-hydrogen) atoms. The maximum atomic E-state index is 6.57. The third-order valence-corrected chi connectivity index (χ3v) is 13.4. The SMILES string of the molecule is CCCCCCCCCCCC[O][Sn]([CH2]CCCCCCC)[CH2]CCCCCCC. The first-order chi connectivity index (χ1) is 14.8. The molecule has 2 heteroatoms. The molecule has 0 heterocycles. The van der Waals surface area contributed by atoms with Crippen LogP contribution in [0.15, 0.2) is 0 Å². The van der Waals surface area contributed by atoms with Crippen LogP contribution in [0.2, 0.25) is 8.87 Å². The topological polar surface area (TPSA) is 9.23 Å². The molecule has 0 N–H and O–H groups in total. The molecule has 0 saturated carbocycles. The Hall–Kier alpha value is 0.759. The van der Waals surface area contributed by atoms with E-state index in [9.17, 15) is 0 Å². The first kappa shape index (κ1) is 30.8. The summed E-state index contributed by atoms with van der Waals surface area (Å²) in [7, 11) is 0. The third kappa shape index (κ3) is 25.0. The van der Waals surface area contributed by atoms with E-state index >= 15 is 0 Å². The fourth-order valence-corrected chi connectivity index (χ4v) is 10.7. The van der Waals surface area contributed by atoms with Gasteiger partial charge in [0, 0.05) is 0 Å². The molecule has 0 aromatic carbocycles. The van der Waals surface area contributed by atoms with Crippen LogP contribution >= 0.6 is 0 Å². The van der Waals surface area contributed by atoms with Crippen LogP contribution in [-0.4, -0.2) is 26.8 Å². The van der Waals surface area contributed by atoms with Crippen LogP contribution in [0.4, 0.5) is 0 Å². The minimum atomic E-state index is -1.55. The van der Waals surface area contributed by atoms with Gasteiger partial charge in [0.15, 0.2) is 0 Å². The molecular formula is C28H59OSn. The van der Waals surface area contributed by atoms with Gasteiger partial charge in [0.2, 0.25) is 0 Å². The average molecular weight is 530 g/mol. The summed E-state index contributed by atoms with van der Waals surface area (Å²) in [4.78, 5) is 0. The van der Waals surface area contributed by atoms with E-state index < -0.39 is 20.2 Å². The fourth-order valence-electron chi connectivity index (χ4n) is 4.28. The van der Waals surface area contributed by atoms with Gasteiger partial charge in [0.1, 0.15) is 0 Å². The van der Waals surface area contributed by atoms with Crippen molar-refractivity contribution < 1.29 is 3.07 Å². The van der Waals surface area contributed by atoms with Crippen LogP contribution in [0.25, 0.3) is 0 Å². The predicted octanol–water partition coefficient (Wildman–Crippen LogP) is 10.6. The normalized spacial score (nSPS) is 11.6. The van der Waals surface area contributed by atoms with Gasteiger partial charge in [0.05, 0.1) is 0 Å². The Kier molecular flexibility index (Phi) is 28.5. The van der Waals surface area contributed by atoms with Gasteiger partial charge in [0.25, 0.3) is 0 Å². The van der Waals surface area contributed by atoms with Gasteiger partial charge in [-0.15, -0.1) is 0 Å². The molecule has 0 unspecified atom stereocenters. The Labute approximate surface area is 200 Å². The molecule has 0 rings (SSSR count). The van der Waals surface area contributed by atoms with Gasteiger partial charge in [-0.05, 0) is 0 Å².